The van der Waals surface area contributed by atoms with E-state index in [4.69, 9.17) is 14.2 Å². The van der Waals surface area contributed by atoms with Crippen LogP contribution in [0.1, 0.15) is 37.2 Å². The molecule has 2 aliphatic heterocycles. The van der Waals surface area contributed by atoms with Gasteiger partial charge in [0.05, 0.1) is 25.7 Å². The zero-order valence-electron chi connectivity index (χ0n) is 13.0. The molecule has 2 aliphatic rings. The lowest BCUT2D eigenvalue weighted by Gasteiger charge is -2.21. The van der Waals surface area contributed by atoms with Gasteiger partial charge in [0.25, 0.3) is 0 Å². The highest BCUT2D eigenvalue weighted by Crippen LogP contribution is 2.26. The number of imide groups is 1. The fraction of sp³-hybridized carbons (Fsp3) is 0.529. The lowest BCUT2D eigenvalue weighted by atomic mass is 9.90. The number of piperidine rings is 1. The van der Waals surface area contributed by atoms with Crippen LogP contribution in [0.5, 0.6) is 5.75 Å². The van der Waals surface area contributed by atoms with Crippen LogP contribution in [0.15, 0.2) is 24.3 Å². The number of hydrogen-bond donors (Lipinski definition) is 1. The number of carbonyl (C=O) groups excluding carboxylic acids is 2. The van der Waals surface area contributed by atoms with Gasteiger partial charge in [0, 0.05) is 12.8 Å². The van der Waals surface area contributed by atoms with E-state index in [1.807, 2.05) is 24.3 Å². The van der Waals surface area contributed by atoms with Crippen molar-refractivity contribution in [3.8, 4) is 5.75 Å². The Morgan fingerprint density at radius 2 is 1.87 bits per heavy atom. The van der Waals surface area contributed by atoms with E-state index in [0.717, 1.165) is 24.2 Å². The molecule has 1 aromatic carbocycles. The predicted octanol–water partition coefficient (Wildman–Crippen LogP) is 1.74. The Bertz CT molecular complexity index is 551. The summed E-state index contributed by atoms with van der Waals surface area (Å²) in [4.78, 5) is 23.0. The normalized spacial score (nSPS) is 22.2. The molecule has 6 nitrogen and oxygen atoms in total. The molecule has 0 radical (unpaired) electrons. The summed E-state index contributed by atoms with van der Waals surface area (Å²) < 4.78 is 16.4. The first-order chi connectivity index (χ1) is 11.2. The van der Waals surface area contributed by atoms with E-state index in [1.54, 1.807) is 0 Å². The van der Waals surface area contributed by atoms with E-state index in [-0.39, 0.29) is 24.0 Å². The van der Waals surface area contributed by atoms with Crippen LogP contribution in [0.4, 0.5) is 0 Å². The minimum absolute atomic E-state index is 0.0894. The number of rotatable bonds is 6. The van der Waals surface area contributed by atoms with E-state index in [1.165, 1.54) is 0 Å². The molecule has 0 aliphatic carbocycles. The summed E-state index contributed by atoms with van der Waals surface area (Å²) in [7, 11) is 0. The van der Waals surface area contributed by atoms with E-state index in [9.17, 15) is 9.59 Å². The summed E-state index contributed by atoms with van der Waals surface area (Å²) in [6.07, 6.45) is 2.55. The summed E-state index contributed by atoms with van der Waals surface area (Å²) >= 11 is 0. The molecule has 23 heavy (non-hydrogen) atoms. The van der Waals surface area contributed by atoms with Gasteiger partial charge in [-0.15, -0.1) is 0 Å². The van der Waals surface area contributed by atoms with Crippen molar-refractivity contribution in [2.75, 3.05) is 19.8 Å². The van der Waals surface area contributed by atoms with Gasteiger partial charge in [0.1, 0.15) is 5.75 Å². The van der Waals surface area contributed by atoms with Crippen molar-refractivity contribution in [1.82, 2.24) is 5.32 Å². The lowest BCUT2D eigenvalue weighted by Crippen LogP contribution is -2.39. The number of ether oxygens (including phenoxy) is 3. The van der Waals surface area contributed by atoms with Crippen LogP contribution in [0.2, 0.25) is 0 Å². The Balaban J connectivity index is 1.45. The lowest BCUT2D eigenvalue weighted by molar-refractivity contribution is -0.134. The fourth-order valence-corrected chi connectivity index (χ4v) is 2.82. The van der Waals surface area contributed by atoms with Crippen molar-refractivity contribution in [2.24, 2.45) is 0 Å². The third-order valence-electron chi connectivity index (χ3n) is 4.07. The molecule has 1 aromatic rings. The van der Waals surface area contributed by atoms with Gasteiger partial charge in [0.2, 0.25) is 11.8 Å². The van der Waals surface area contributed by atoms with Gasteiger partial charge in [-0.05, 0) is 30.5 Å². The fourth-order valence-electron chi connectivity index (χ4n) is 2.82. The first kappa shape index (κ1) is 16.0. The molecule has 124 valence electrons. The number of benzene rings is 1. The topological polar surface area (TPSA) is 73.9 Å². The third-order valence-corrected chi connectivity index (χ3v) is 4.07. The highest BCUT2D eigenvalue weighted by molar-refractivity contribution is 6.00. The Morgan fingerprint density at radius 3 is 2.57 bits per heavy atom. The van der Waals surface area contributed by atoms with Gasteiger partial charge >= 0.3 is 0 Å². The molecular formula is C17H21NO5. The van der Waals surface area contributed by atoms with Crippen molar-refractivity contribution >= 4 is 11.8 Å². The van der Waals surface area contributed by atoms with Crippen LogP contribution in [0, 0.1) is 0 Å². The highest BCUT2D eigenvalue weighted by atomic mass is 16.7. The maximum atomic E-state index is 11.8. The van der Waals surface area contributed by atoms with Gasteiger partial charge in [-0.25, -0.2) is 0 Å². The monoisotopic (exact) mass is 319 g/mol. The Labute approximate surface area is 135 Å². The smallest absolute Gasteiger partial charge is 0.234 e. The summed E-state index contributed by atoms with van der Waals surface area (Å²) in [6, 6.07) is 7.50. The molecule has 1 N–H and O–H groups in total. The molecule has 0 aromatic heterocycles. The molecule has 0 bridgehead atoms. The maximum Gasteiger partial charge on any atom is 0.234 e. The summed E-state index contributed by atoms with van der Waals surface area (Å²) in [5.74, 6) is 0.112. The summed E-state index contributed by atoms with van der Waals surface area (Å²) in [5, 5.41) is 2.38. The van der Waals surface area contributed by atoms with E-state index >= 15 is 0 Å². The average Bonchev–Trinajstić information content (AvgIpc) is 3.06. The number of amides is 2. The number of nitrogens with one attached hydrogen (secondary N) is 1. The van der Waals surface area contributed by atoms with Crippen molar-refractivity contribution in [1.29, 1.82) is 0 Å². The van der Waals surface area contributed by atoms with Gasteiger partial charge in [-0.1, -0.05) is 12.1 Å². The van der Waals surface area contributed by atoms with Gasteiger partial charge in [-0.3, -0.25) is 14.9 Å². The SMILES string of the molecule is O=C1CCC(c2ccc(OCCCC3OCCO3)cc2)C(=O)N1. The van der Waals surface area contributed by atoms with Gasteiger partial charge in [-0.2, -0.15) is 0 Å². The van der Waals surface area contributed by atoms with Crippen LogP contribution in [-0.4, -0.2) is 37.9 Å². The maximum absolute atomic E-state index is 11.8. The van der Waals surface area contributed by atoms with Crippen LogP contribution in [0.25, 0.3) is 0 Å². The van der Waals surface area contributed by atoms with Crippen LogP contribution < -0.4 is 10.1 Å². The molecule has 2 amide bonds. The highest BCUT2D eigenvalue weighted by Gasteiger charge is 2.27. The Hall–Kier alpha value is -1.92. The summed E-state index contributed by atoms with van der Waals surface area (Å²) in [6.45, 7) is 1.95. The molecule has 2 fully saturated rings. The minimum atomic E-state index is -0.251. The van der Waals surface area contributed by atoms with Crippen molar-refractivity contribution < 1.29 is 23.8 Å². The molecule has 1 unspecified atom stereocenters. The van der Waals surface area contributed by atoms with E-state index < -0.39 is 0 Å². The second kappa shape index (κ2) is 7.57. The van der Waals surface area contributed by atoms with Crippen LogP contribution in [0.3, 0.4) is 0 Å². The summed E-state index contributed by atoms with van der Waals surface area (Å²) in [5.41, 5.74) is 0.912. The molecular weight excluding hydrogens is 298 g/mol. The van der Waals surface area contributed by atoms with Crippen LogP contribution >= 0.6 is 0 Å². The molecule has 0 spiro atoms. The van der Waals surface area contributed by atoms with E-state index in [2.05, 4.69) is 5.32 Å². The molecule has 3 rings (SSSR count). The zero-order valence-corrected chi connectivity index (χ0v) is 13.0. The number of hydrogen-bond acceptors (Lipinski definition) is 5. The van der Waals surface area contributed by atoms with Gasteiger partial charge in [0.15, 0.2) is 6.29 Å². The first-order valence-electron chi connectivity index (χ1n) is 8.02. The quantitative estimate of drug-likeness (QED) is 0.638. The largest absolute Gasteiger partial charge is 0.494 e. The molecule has 1 atom stereocenters. The predicted molar refractivity (Wildman–Crippen MR) is 82.0 cm³/mol. The third kappa shape index (κ3) is 4.30. The molecule has 2 heterocycles. The van der Waals surface area contributed by atoms with Crippen molar-refractivity contribution in [3.05, 3.63) is 29.8 Å². The van der Waals surface area contributed by atoms with Gasteiger partial charge < -0.3 is 14.2 Å². The Kier molecular flexibility index (Phi) is 5.25. The van der Waals surface area contributed by atoms with Crippen molar-refractivity contribution in [3.63, 3.8) is 0 Å². The molecule has 6 heteroatoms. The Morgan fingerprint density at radius 1 is 1.13 bits per heavy atom. The first-order valence-corrected chi connectivity index (χ1v) is 8.02. The van der Waals surface area contributed by atoms with Crippen molar-refractivity contribution in [2.45, 2.75) is 37.9 Å². The second-order valence-corrected chi connectivity index (χ2v) is 5.73. The standard InChI is InChI=1S/C17H21NO5/c19-15-8-7-14(17(20)18-15)12-3-5-13(6-4-12)21-9-1-2-16-22-10-11-23-16/h3-6,14,16H,1-2,7-11H2,(H,18,19,20). The molecule has 0 saturated carbocycles. The zero-order chi connectivity index (χ0) is 16.1. The minimum Gasteiger partial charge on any atom is -0.494 e. The number of carbonyl (C=O) groups is 2. The van der Waals surface area contributed by atoms with E-state index in [0.29, 0.717) is 32.7 Å². The molecule has 2 saturated heterocycles. The second-order valence-electron chi connectivity index (χ2n) is 5.73. The van der Waals surface area contributed by atoms with Crippen LogP contribution in [-0.2, 0) is 19.1 Å². The average molecular weight is 319 g/mol.